The van der Waals surface area contributed by atoms with Gasteiger partial charge in [-0.05, 0) is 18.6 Å². The first-order valence-electron chi connectivity index (χ1n) is 5.25. The number of hydrogen-bond donors (Lipinski definition) is 2. The number of aryl methyl sites for hydroxylation is 1. The van der Waals surface area contributed by atoms with Crippen molar-refractivity contribution in [3.8, 4) is 0 Å². The van der Waals surface area contributed by atoms with Crippen LogP contribution in [-0.2, 0) is 0 Å². The fraction of sp³-hybridized carbons (Fsp3) is 0.0909. The van der Waals surface area contributed by atoms with Gasteiger partial charge in [-0.2, -0.15) is 0 Å². The number of nitro groups is 1. The normalized spacial score (nSPS) is 10.2. The van der Waals surface area contributed by atoms with Crippen LogP contribution in [0.3, 0.4) is 0 Å². The quantitative estimate of drug-likeness (QED) is 0.660. The van der Waals surface area contributed by atoms with Gasteiger partial charge in [0.25, 0.3) is 11.6 Å². The molecular weight excluding hydrogens is 268 g/mol. The van der Waals surface area contributed by atoms with E-state index < -0.39 is 10.8 Å². The topological polar surface area (TPSA) is 111 Å². The lowest BCUT2D eigenvalue weighted by atomic mass is 10.2. The van der Waals surface area contributed by atoms with E-state index in [0.717, 1.165) is 0 Å². The first kappa shape index (κ1) is 13.0. The largest absolute Gasteiger partial charge is 0.375 e. The summed E-state index contributed by atoms with van der Waals surface area (Å²) in [6, 6.07) is 4.21. The van der Waals surface area contributed by atoms with Crippen LogP contribution in [0.15, 0.2) is 23.6 Å². The lowest BCUT2D eigenvalue weighted by Gasteiger charge is -2.06. The Bertz CT molecular complexity index is 653. The molecule has 0 bridgehead atoms. The Morgan fingerprint density at radius 2 is 2.26 bits per heavy atom. The molecule has 98 valence electrons. The number of benzene rings is 1. The van der Waals surface area contributed by atoms with Crippen LogP contribution in [0.4, 0.5) is 16.5 Å². The highest BCUT2D eigenvalue weighted by molar-refractivity contribution is 7.13. The average molecular weight is 278 g/mol. The number of thiazole rings is 1. The highest BCUT2D eigenvalue weighted by Crippen LogP contribution is 2.22. The van der Waals surface area contributed by atoms with Gasteiger partial charge in [0.05, 0.1) is 4.92 Å². The van der Waals surface area contributed by atoms with Gasteiger partial charge >= 0.3 is 0 Å². The molecule has 0 radical (unpaired) electrons. The summed E-state index contributed by atoms with van der Waals surface area (Å²) < 4.78 is 0. The van der Waals surface area contributed by atoms with Crippen LogP contribution in [0.5, 0.6) is 0 Å². The molecule has 3 N–H and O–H groups in total. The lowest BCUT2D eigenvalue weighted by Crippen LogP contribution is -2.13. The number of anilines is 2. The molecule has 19 heavy (non-hydrogen) atoms. The number of non-ortho nitro benzene ring substituents is 1. The van der Waals surface area contributed by atoms with E-state index in [4.69, 9.17) is 5.73 Å². The Kier molecular flexibility index (Phi) is 3.43. The molecule has 7 nitrogen and oxygen atoms in total. The number of hydrogen-bond acceptors (Lipinski definition) is 6. The molecule has 0 aliphatic rings. The van der Waals surface area contributed by atoms with Crippen LogP contribution in [0, 0.1) is 17.0 Å². The maximum Gasteiger partial charge on any atom is 0.275 e. The van der Waals surface area contributed by atoms with E-state index in [2.05, 4.69) is 10.3 Å². The maximum atomic E-state index is 11.8. The maximum absolute atomic E-state index is 11.8. The number of nitrogens with zero attached hydrogens (tertiary/aromatic N) is 2. The molecule has 0 saturated heterocycles. The molecule has 0 unspecified atom stereocenters. The zero-order chi connectivity index (χ0) is 14.0. The molecule has 2 rings (SSSR count). The van der Waals surface area contributed by atoms with Crippen LogP contribution in [0.2, 0.25) is 0 Å². The molecule has 1 amide bonds. The molecule has 0 aliphatic heterocycles. The number of carbonyl (C=O) groups excluding carboxylic acids is 1. The van der Waals surface area contributed by atoms with Crippen LogP contribution < -0.4 is 11.1 Å². The number of amides is 1. The zero-order valence-electron chi connectivity index (χ0n) is 9.91. The molecular formula is C11H10N4O3S. The zero-order valence-corrected chi connectivity index (χ0v) is 10.7. The van der Waals surface area contributed by atoms with E-state index in [1.54, 1.807) is 12.3 Å². The first-order chi connectivity index (χ1) is 8.97. The van der Waals surface area contributed by atoms with E-state index in [1.165, 1.54) is 29.5 Å². The van der Waals surface area contributed by atoms with Crippen LogP contribution in [0.25, 0.3) is 0 Å². The Hall–Kier alpha value is -2.48. The minimum Gasteiger partial charge on any atom is -0.375 e. The van der Waals surface area contributed by atoms with Crippen molar-refractivity contribution in [1.29, 1.82) is 0 Å². The number of rotatable bonds is 3. The molecule has 0 saturated carbocycles. The third-order valence-corrected chi connectivity index (χ3v) is 3.10. The number of nitrogen functional groups attached to an aromatic ring is 1. The Morgan fingerprint density at radius 1 is 1.53 bits per heavy atom. The van der Waals surface area contributed by atoms with Crippen LogP contribution in [-0.4, -0.2) is 15.8 Å². The van der Waals surface area contributed by atoms with Gasteiger partial charge in [0.2, 0.25) is 0 Å². The summed E-state index contributed by atoms with van der Waals surface area (Å²) in [5.41, 5.74) is 6.75. The molecule has 1 aromatic carbocycles. The second-order valence-corrected chi connectivity index (χ2v) is 4.67. The molecule has 8 heteroatoms. The van der Waals surface area contributed by atoms with E-state index >= 15 is 0 Å². The summed E-state index contributed by atoms with van der Waals surface area (Å²) in [6.07, 6.45) is 0. The Morgan fingerprint density at radius 3 is 2.79 bits per heavy atom. The summed E-state index contributed by atoms with van der Waals surface area (Å²) in [5, 5.41) is 15.1. The fourth-order valence-corrected chi connectivity index (χ4v) is 2.02. The van der Waals surface area contributed by atoms with Gasteiger partial charge in [0.1, 0.15) is 5.69 Å². The van der Waals surface area contributed by atoms with Gasteiger partial charge in [0, 0.05) is 23.2 Å². The van der Waals surface area contributed by atoms with E-state index in [0.29, 0.717) is 16.4 Å². The molecule has 0 spiro atoms. The lowest BCUT2D eigenvalue weighted by molar-refractivity contribution is -0.384. The minimum atomic E-state index is -0.486. The van der Waals surface area contributed by atoms with Gasteiger partial charge in [-0.15, -0.1) is 11.3 Å². The first-order valence-corrected chi connectivity index (χ1v) is 6.12. The number of nitro benzene ring substituents is 1. The molecule has 1 aromatic heterocycles. The molecule has 0 fully saturated rings. The highest BCUT2D eigenvalue weighted by atomic mass is 32.1. The van der Waals surface area contributed by atoms with E-state index in [9.17, 15) is 14.9 Å². The van der Waals surface area contributed by atoms with Crippen molar-refractivity contribution in [3.63, 3.8) is 0 Å². The summed E-state index contributed by atoms with van der Waals surface area (Å²) >= 11 is 1.17. The van der Waals surface area contributed by atoms with Gasteiger partial charge in [-0.25, -0.2) is 4.98 Å². The number of carbonyl (C=O) groups is 1. The van der Waals surface area contributed by atoms with Crippen molar-refractivity contribution in [2.45, 2.75) is 6.92 Å². The van der Waals surface area contributed by atoms with Crippen molar-refractivity contribution < 1.29 is 9.72 Å². The van der Waals surface area contributed by atoms with Crippen molar-refractivity contribution in [3.05, 3.63) is 45.0 Å². The van der Waals surface area contributed by atoms with Crippen molar-refractivity contribution in [1.82, 2.24) is 4.98 Å². The van der Waals surface area contributed by atoms with Crippen LogP contribution in [0.1, 0.15) is 16.1 Å². The average Bonchev–Trinajstić information content (AvgIpc) is 2.78. The minimum absolute atomic E-state index is 0.0200. The number of nitrogens with two attached hydrogens (primary N) is 1. The monoisotopic (exact) mass is 278 g/mol. The van der Waals surface area contributed by atoms with E-state index in [1.807, 2.05) is 0 Å². The molecule has 0 aliphatic carbocycles. The fourth-order valence-electron chi connectivity index (χ4n) is 1.48. The SMILES string of the molecule is Cc1cc([N+](=O)[O-])ccc1NC(=O)c1csc(N)n1. The summed E-state index contributed by atoms with van der Waals surface area (Å²) in [6.45, 7) is 1.68. The summed E-state index contributed by atoms with van der Waals surface area (Å²) in [7, 11) is 0. The van der Waals surface area contributed by atoms with Crippen molar-refractivity contribution in [2.75, 3.05) is 11.1 Å². The molecule has 0 atom stereocenters. The number of nitrogens with one attached hydrogen (secondary N) is 1. The smallest absolute Gasteiger partial charge is 0.275 e. The summed E-state index contributed by atoms with van der Waals surface area (Å²) in [5.74, 6) is -0.398. The standard InChI is InChI=1S/C11H10N4O3S/c1-6-4-7(15(17)18)2-3-8(6)13-10(16)9-5-19-11(12)14-9/h2-5H,1H3,(H2,12,14)(H,13,16). The van der Waals surface area contributed by atoms with Gasteiger partial charge in [-0.1, -0.05) is 0 Å². The van der Waals surface area contributed by atoms with Crippen molar-refractivity contribution in [2.24, 2.45) is 0 Å². The third-order valence-electron chi connectivity index (χ3n) is 2.42. The number of aromatic nitrogens is 1. The molecule has 1 heterocycles. The molecule has 2 aromatic rings. The van der Waals surface area contributed by atoms with Crippen molar-refractivity contribution >= 4 is 33.8 Å². The third kappa shape index (κ3) is 2.86. The Balaban J connectivity index is 2.20. The van der Waals surface area contributed by atoms with Gasteiger partial charge in [-0.3, -0.25) is 14.9 Å². The summed E-state index contributed by atoms with van der Waals surface area (Å²) in [4.78, 5) is 25.8. The van der Waals surface area contributed by atoms with Gasteiger partial charge in [0.15, 0.2) is 5.13 Å². The van der Waals surface area contributed by atoms with Gasteiger partial charge < -0.3 is 11.1 Å². The second kappa shape index (κ2) is 5.02. The van der Waals surface area contributed by atoms with E-state index in [-0.39, 0.29) is 11.4 Å². The second-order valence-electron chi connectivity index (χ2n) is 3.78. The predicted molar refractivity (Wildman–Crippen MR) is 72.3 cm³/mol. The predicted octanol–water partition coefficient (Wildman–Crippen LogP) is 2.19. The Labute approximate surface area is 112 Å². The van der Waals surface area contributed by atoms with Crippen LogP contribution >= 0.6 is 11.3 Å². The highest BCUT2D eigenvalue weighted by Gasteiger charge is 2.13.